The third-order valence-corrected chi connectivity index (χ3v) is 2.44. The summed E-state index contributed by atoms with van der Waals surface area (Å²) >= 11 is 0. The molecule has 7 heteroatoms. The van der Waals surface area contributed by atoms with Crippen molar-refractivity contribution in [2.75, 3.05) is 6.61 Å². The van der Waals surface area contributed by atoms with Crippen molar-refractivity contribution in [3.63, 3.8) is 0 Å². The average Bonchev–Trinajstić information content (AvgIpc) is 2.13. The van der Waals surface area contributed by atoms with Crippen molar-refractivity contribution in [3.8, 4) is 5.75 Å². The minimum atomic E-state index is -5.19. The Kier molecular flexibility index (Phi) is 7.62. The molecule has 1 aromatic rings. The molecule has 102 valence electrons. The van der Waals surface area contributed by atoms with E-state index in [1.165, 1.54) is 0 Å². The van der Waals surface area contributed by atoms with Crippen LogP contribution >= 0.6 is 0 Å². The van der Waals surface area contributed by atoms with Gasteiger partial charge in [-0.05, 0) is 17.9 Å². The first-order valence-electron chi connectivity index (χ1n) is 5.72. The first kappa shape index (κ1) is 19.4. The molecule has 0 atom stereocenters. The molecule has 0 aliphatic rings. The first-order chi connectivity index (χ1) is 8.09. The van der Waals surface area contributed by atoms with Crippen LogP contribution in [0.1, 0.15) is 27.2 Å². The SMILES string of the molecule is CC(C)(C)CCOc1cc(F)ccc1[B-](F)(F)F.[K+]. The fraction of sp³-hybridized carbons (Fsp3) is 0.500. The van der Waals surface area contributed by atoms with Gasteiger partial charge in [0.2, 0.25) is 0 Å². The van der Waals surface area contributed by atoms with Crippen LogP contribution in [-0.2, 0) is 0 Å². The second kappa shape index (κ2) is 7.45. The van der Waals surface area contributed by atoms with Crippen molar-refractivity contribution < 1.29 is 73.5 Å². The average molecular weight is 302 g/mol. The van der Waals surface area contributed by atoms with Crippen molar-refractivity contribution in [3.05, 3.63) is 24.0 Å². The number of rotatable bonds is 4. The Labute approximate surface area is 153 Å². The largest absolute Gasteiger partial charge is 1.00 e. The summed E-state index contributed by atoms with van der Waals surface area (Å²) in [6, 6.07) is 2.30. The quantitative estimate of drug-likeness (QED) is 0.588. The standard InChI is InChI=1S/C12H16BF4O.K/c1-12(2,3)6-7-18-11-8-9(14)4-5-10(11)13(15,16)17;/h4-5,8H,6-7H2,1-3H3;/q-1;+1. The van der Waals surface area contributed by atoms with E-state index in [0.717, 1.165) is 18.2 Å². The Hall–Kier alpha value is 0.441. The third-order valence-electron chi connectivity index (χ3n) is 2.44. The van der Waals surface area contributed by atoms with E-state index in [9.17, 15) is 17.3 Å². The number of hydrogen-bond donors (Lipinski definition) is 0. The van der Waals surface area contributed by atoms with Crippen LogP contribution in [0.15, 0.2) is 18.2 Å². The molecule has 0 N–H and O–H groups in total. The Bertz CT molecular complexity index is 415. The Morgan fingerprint density at radius 3 is 2.21 bits per heavy atom. The Balaban J connectivity index is 0.00000324. The molecule has 0 spiro atoms. The zero-order chi connectivity index (χ0) is 14.0. The van der Waals surface area contributed by atoms with Gasteiger partial charge in [-0.2, -0.15) is 0 Å². The Morgan fingerprint density at radius 1 is 1.16 bits per heavy atom. The van der Waals surface area contributed by atoms with Crippen molar-refractivity contribution in [1.82, 2.24) is 0 Å². The van der Waals surface area contributed by atoms with Gasteiger partial charge in [0.1, 0.15) is 5.82 Å². The molecule has 0 radical (unpaired) electrons. The maximum atomic E-state index is 13.0. The van der Waals surface area contributed by atoms with E-state index in [2.05, 4.69) is 0 Å². The topological polar surface area (TPSA) is 9.23 Å². The van der Waals surface area contributed by atoms with Crippen LogP contribution in [0.4, 0.5) is 17.3 Å². The van der Waals surface area contributed by atoms with Crippen LogP contribution < -0.4 is 61.6 Å². The second-order valence-electron chi connectivity index (χ2n) is 5.42. The van der Waals surface area contributed by atoms with Gasteiger partial charge in [-0.1, -0.05) is 32.3 Å². The van der Waals surface area contributed by atoms with E-state index in [1.54, 1.807) is 0 Å². The normalized spacial score (nSPS) is 11.9. The van der Waals surface area contributed by atoms with Crippen molar-refractivity contribution in [1.29, 1.82) is 0 Å². The number of halogens is 4. The van der Waals surface area contributed by atoms with E-state index in [1.807, 2.05) is 20.8 Å². The van der Waals surface area contributed by atoms with Gasteiger partial charge in [0.15, 0.2) is 0 Å². The van der Waals surface area contributed by atoms with Gasteiger partial charge in [0.05, 0.1) is 12.4 Å². The minimum Gasteiger partial charge on any atom is -0.496 e. The van der Waals surface area contributed by atoms with Gasteiger partial charge >= 0.3 is 58.4 Å². The summed E-state index contributed by atoms with van der Waals surface area (Å²) in [6.45, 7) is 0.806. The molecule has 0 heterocycles. The van der Waals surface area contributed by atoms with Crippen LogP contribution in [-0.4, -0.2) is 13.6 Å². The molecule has 1 rings (SSSR count). The molecule has 0 aliphatic heterocycles. The van der Waals surface area contributed by atoms with Crippen LogP contribution in [0.5, 0.6) is 5.75 Å². The predicted octanol–water partition coefficient (Wildman–Crippen LogP) is 0.699. The molecule has 0 unspecified atom stereocenters. The van der Waals surface area contributed by atoms with E-state index >= 15 is 0 Å². The molecule has 1 nitrogen and oxygen atoms in total. The Morgan fingerprint density at radius 2 is 1.74 bits per heavy atom. The van der Waals surface area contributed by atoms with Gasteiger partial charge in [-0.25, -0.2) is 4.39 Å². The monoisotopic (exact) mass is 302 g/mol. The molecular formula is C12H16BF4KO. The molecule has 0 saturated carbocycles. The summed E-state index contributed by atoms with van der Waals surface area (Å²) in [5.74, 6) is -1.16. The zero-order valence-electron chi connectivity index (χ0n) is 11.6. The van der Waals surface area contributed by atoms with E-state index in [4.69, 9.17) is 4.74 Å². The van der Waals surface area contributed by atoms with Crippen molar-refractivity contribution >= 4 is 12.4 Å². The molecule has 0 amide bonds. The summed E-state index contributed by atoms with van der Waals surface area (Å²) in [5, 5.41) is 0. The summed E-state index contributed by atoms with van der Waals surface area (Å²) in [6.07, 6.45) is 0.591. The molecule has 0 fully saturated rings. The van der Waals surface area contributed by atoms with Crippen LogP contribution in [0.25, 0.3) is 0 Å². The van der Waals surface area contributed by atoms with Crippen LogP contribution in [0.2, 0.25) is 0 Å². The van der Waals surface area contributed by atoms with Crippen LogP contribution in [0.3, 0.4) is 0 Å². The zero-order valence-corrected chi connectivity index (χ0v) is 14.8. The molecule has 0 bridgehead atoms. The maximum Gasteiger partial charge on any atom is 1.00 e. The van der Waals surface area contributed by atoms with Gasteiger partial charge in [-0.15, -0.1) is 0 Å². The number of hydrogen-bond acceptors (Lipinski definition) is 1. The van der Waals surface area contributed by atoms with Crippen LogP contribution in [0, 0.1) is 11.2 Å². The van der Waals surface area contributed by atoms with E-state index < -0.39 is 24.0 Å². The number of ether oxygens (including phenoxy) is 1. The fourth-order valence-corrected chi connectivity index (χ4v) is 1.37. The summed E-state index contributed by atoms with van der Waals surface area (Å²) in [7, 11) is 0. The third kappa shape index (κ3) is 7.13. The molecule has 1 aromatic carbocycles. The van der Waals surface area contributed by atoms with Gasteiger partial charge in [-0.3, -0.25) is 0 Å². The molecule has 0 aromatic heterocycles. The molecule has 0 aliphatic carbocycles. The number of benzene rings is 1. The van der Waals surface area contributed by atoms with Gasteiger partial charge in [0, 0.05) is 6.07 Å². The van der Waals surface area contributed by atoms with Crippen molar-refractivity contribution in [2.24, 2.45) is 5.41 Å². The maximum absolute atomic E-state index is 13.0. The van der Waals surface area contributed by atoms with Crippen molar-refractivity contribution in [2.45, 2.75) is 27.2 Å². The summed E-state index contributed by atoms with van der Waals surface area (Å²) in [4.78, 5) is 0. The second-order valence-corrected chi connectivity index (χ2v) is 5.42. The molecule has 0 saturated heterocycles. The van der Waals surface area contributed by atoms with E-state index in [-0.39, 0.29) is 63.4 Å². The van der Waals surface area contributed by atoms with E-state index in [0.29, 0.717) is 6.42 Å². The smallest absolute Gasteiger partial charge is 0.496 e. The van der Waals surface area contributed by atoms with Gasteiger partial charge in [0.25, 0.3) is 0 Å². The molecular weight excluding hydrogens is 286 g/mol. The predicted molar refractivity (Wildman–Crippen MR) is 64.7 cm³/mol. The molecule has 19 heavy (non-hydrogen) atoms. The first-order valence-corrected chi connectivity index (χ1v) is 5.72. The van der Waals surface area contributed by atoms with Gasteiger partial charge < -0.3 is 17.7 Å². The summed E-state index contributed by atoms with van der Waals surface area (Å²) in [5.41, 5.74) is -0.929. The fourth-order valence-electron chi connectivity index (χ4n) is 1.37. The minimum absolute atomic E-state index is 0. The summed E-state index contributed by atoms with van der Waals surface area (Å²) < 4.78 is 56.1.